The molecule has 1 atom stereocenters. The molecule has 0 aromatic heterocycles. The van der Waals surface area contributed by atoms with E-state index >= 15 is 0 Å². The zero-order valence-electron chi connectivity index (χ0n) is 9.25. The van der Waals surface area contributed by atoms with Crippen molar-refractivity contribution in [1.82, 2.24) is 10.6 Å². The number of amides is 2. The molecule has 0 saturated carbocycles. The Kier molecular flexibility index (Phi) is 6.11. The largest absolute Gasteiger partial charge is 0.376 e. The lowest BCUT2D eigenvalue weighted by Crippen LogP contribution is -2.43. The second-order valence-electron chi connectivity index (χ2n) is 3.56. The number of carbonyl (C=O) groups excluding carboxylic acids is 1. The highest BCUT2D eigenvalue weighted by atomic mass is 16.6. The Morgan fingerprint density at radius 3 is 2.93 bits per heavy atom. The lowest BCUT2D eigenvalue weighted by molar-refractivity contribution is -0.0853. The van der Waals surface area contributed by atoms with E-state index in [-0.39, 0.29) is 12.1 Å². The highest BCUT2D eigenvalue weighted by Crippen LogP contribution is 1.98. The third kappa shape index (κ3) is 5.59. The molecule has 1 unspecified atom stereocenters. The van der Waals surface area contributed by atoms with E-state index in [9.17, 15) is 4.79 Å². The number of rotatable bonds is 5. The average molecular weight is 216 g/mol. The standard InChI is InChI=1S/C10H20N2O3/c1-2-3-4-11-10(13)12-7-9-8-14-5-6-15-9/h9H,2-8H2,1H3,(H2,11,12,13). The molecular formula is C10H20N2O3. The maximum Gasteiger partial charge on any atom is 0.314 e. The number of urea groups is 1. The molecule has 0 aliphatic carbocycles. The molecule has 0 aromatic carbocycles. The van der Waals surface area contributed by atoms with Crippen LogP contribution in [-0.4, -0.2) is 45.0 Å². The minimum atomic E-state index is -0.127. The van der Waals surface area contributed by atoms with E-state index in [4.69, 9.17) is 9.47 Å². The summed E-state index contributed by atoms with van der Waals surface area (Å²) in [7, 11) is 0. The van der Waals surface area contributed by atoms with Gasteiger partial charge in [0.25, 0.3) is 0 Å². The van der Waals surface area contributed by atoms with Gasteiger partial charge in [0.2, 0.25) is 0 Å². The number of ether oxygens (including phenoxy) is 2. The number of hydrogen-bond donors (Lipinski definition) is 2. The molecule has 0 bridgehead atoms. The number of nitrogens with one attached hydrogen (secondary N) is 2. The van der Waals surface area contributed by atoms with E-state index in [2.05, 4.69) is 17.6 Å². The Labute approximate surface area is 90.5 Å². The summed E-state index contributed by atoms with van der Waals surface area (Å²) < 4.78 is 10.6. The van der Waals surface area contributed by atoms with Crippen molar-refractivity contribution >= 4 is 6.03 Å². The summed E-state index contributed by atoms with van der Waals surface area (Å²) in [5.74, 6) is 0. The molecule has 88 valence electrons. The summed E-state index contributed by atoms with van der Waals surface area (Å²) in [5, 5.41) is 5.53. The van der Waals surface area contributed by atoms with Gasteiger partial charge in [0.1, 0.15) is 0 Å². The van der Waals surface area contributed by atoms with E-state index in [1.165, 1.54) is 0 Å². The zero-order chi connectivity index (χ0) is 10.9. The molecule has 1 heterocycles. The minimum Gasteiger partial charge on any atom is -0.376 e. The predicted molar refractivity (Wildman–Crippen MR) is 56.9 cm³/mol. The molecule has 1 fully saturated rings. The molecule has 2 amide bonds. The van der Waals surface area contributed by atoms with Crippen molar-refractivity contribution in [2.75, 3.05) is 32.9 Å². The Hall–Kier alpha value is -0.810. The monoisotopic (exact) mass is 216 g/mol. The minimum absolute atomic E-state index is 0.00400. The zero-order valence-corrected chi connectivity index (χ0v) is 9.25. The second-order valence-corrected chi connectivity index (χ2v) is 3.56. The Bertz CT molecular complexity index is 182. The van der Waals surface area contributed by atoms with Crippen molar-refractivity contribution in [2.24, 2.45) is 0 Å². The summed E-state index contributed by atoms with van der Waals surface area (Å²) in [5.41, 5.74) is 0. The van der Waals surface area contributed by atoms with E-state index in [1.54, 1.807) is 0 Å². The highest BCUT2D eigenvalue weighted by Gasteiger charge is 2.14. The van der Waals surface area contributed by atoms with Crippen molar-refractivity contribution in [1.29, 1.82) is 0 Å². The van der Waals surface area contributed by atoms with E-state index < -0.39 is 0 Å². The van der Waals surface area contributed by atoms with Crippen LogP contribution in [0.5, 0.6) is 0 Å². The maximum atomic E-state index is 11.2. The first-order valence-corrected chi connectivity index (χ1v) is 5.54. The van der Waals surface area contributed by atoms with Crippen LogP contribution < -0.4 is 10.6 Å². The van der Waals surface area contributed by atoms with Crippen LogP contribution in [0.15, 0.2) is 0 Å². The van der Waals surface area contributed by atoms with Gasteiger partial charge in [0.15, 0.2) is 0 Å². The van der Waals surface area contributed by atoms with Gasteiger partial charge < -0.3 is 20.1 Å². The van der Waals surface area contributed by atoms with Crippen LogP contribution in [0.4, 0.5) is 4.79 Å². The van der Waals surface area contributed by atoms with E-state index in [0.29, 0.717) is 26.4 Å². The number of hydrogen-bond acceptors (Lipinski definition) is 3. The lowest BCUT2D eigenvalue weighted by Gasteiger charge is -2.23. The van der Waals surface area contributed by atoms with E-state index in [0.717, 1.165) is 19.4 Å². The number of unbranched alkanes of at least 4 members (excludes halogenated alkanes) is 1. The quantitative estimate of drug-likeness (QED) is 0.658. The molecule has 15 heavy (non-hydrogen) atoms. The van der Waals surface area contributed by atoms with Gasteiger partial charge >= 0.3 is 6.03 Å². The van der Waals surface area contributed by atoms with Crippen LogP contribution in [0.3, 0.4) is 0 Å². The summed E-state index contributed by atoms with van der Waals surface area (Å²) in [4.78, 5) is 11.2. The van der Waals surface area contributed by atoms with E-state index in [1.807, 2.05) is 0 Å². The maximum absolute atomic E-state index is 11.2. The van der Waals surface area contributed by atoms with Crippen LogP contribution in [0, 0.1) is 0 Å². The fourth-order valence-corrected chi connectivity index (χ4v) is 1.30. The fourth-order valence-electron chi connectivity index (χ4n) is 1.30. The van der Waals surface area contributed by atoms with Crippen molar-refractivity contribution in [3.05, 3.63) is 0 Å². The van der Waals surface area contributed by atoms with Crippen LogP contribution in [-0.2, 0) is 9.47 Å². The van der Waals surface area contributed by atoms with Crippen LogP contribution in [0.25, 0.3) is 0 Å². The average Bonchev–Trinajstić information content (AvgIpc) is 2.28. The van der Waals surface area contributed by atoms with Crippen LogP contribution >= 0.6 is 0 Å². The smallest absolute Gasteiger partial charge is 0.314 e. The third-order valence-corrected chi connectivity index (χ3v) is 2.19. The molecule has 0 aromatic rings. The van der Waals surface area contributed by atoms with Gasteiger partial charge in [-0.05, 0) is 6.42 Å². The molecule has 0 radical (unpaired) electrons. The molecule has 5 heteroatoms. The van der Waals surface area contributed by atoms with Gasteiger partial charge in [-0.25, -0.2) is 4.79 Å². The third-order valence-electron chi connectivity index (χ3n) is 2.19. The molecule has 1 aliphatic heterocycles. The summed E-state index contributed by atoms with van der Waals surface area (Å²) >= 11 is 0. The molecule has 5 nitrogen and oxygen atoms in total. The second kappa shape index (κ2) is 7.48. The highest BCUT2D eigenvalue weighted by molar-refractivity contribution is 5.73. The van der Waals surface area contributed by atoms with Gasteiger partial charge in [-0.1, -0.05) is 13.3 Å². The fraction of sp³-hybridized carbons (Fsp3) is 0.900. The molecule has 1 aliphatic rings. The Morgan fingerprint density at radius 1 is 1.40 bits per heavy atom. The lowest BCUT2D eigenvalue weighted by atomic mass is 10.3. The molecule has 0 spiro atoms. The van der Waals surface area contributed by atoms with Gasteiger partial charge in [-0.15, -0.1) is 0 Å². The van der Waals surface area contributed by atoms with Gasteiger partial charge in [-0.3, -0.25) is 0 Å². The first kappa shape index (κ1) is 12.3. The first-order chi connectivity index (χ1) is 7.33. The predicted octanol–water partition coefficient (Wildman–Crippen LogP) is 0.501. The molecular weight excluding hydrogens is 196 g/mol. The van der Waals surface area contributed by atoms with Crippen molar-refractivity contribution < 1.29 is 14.3 Å². The molecule has 1 saturated heterocycles. The Morgan fingerprint density at radius 2 is 2.27 bits per heavy atom. The van der Waals surface area contributed by atoms with Gasteiger partial charge in [-0.2, -0.15) is 0 Å². The topological polar surface area (TPSA) is 59.6 Å². The summed E-state index contributed by atoms with van der Waals surface area (Å²) in [6, 6.07) is -0.127. The van der Waals surface area contributed by atoms with Gasteiger partial charge in [0, 0.05) is 13.1 Å². The molecule has 2 N–H and O–H groups in total. The first-order valence-electron chi connectivity index (χ1n) is 5.54. The SMILES string of the molecule is CCCCNC(=O)NCC1COCCO1. The van der Waals surface area contributed by atoms with Crippen LogP contribution in [0.1, 0.15) is 19.8 Å². The van der Waals surface area contributed by atoms with Crippen LogP contribution in [0.2, 0.25) is 0 Å². The Balaban J connectivity index is 2.00. The number of carbonyl (C=O) groups is 1. The normalized spacial score (nSPS) is 21.0. The van der Waals surface area contributed by atoms with Crippen molar-refractivity contribution in [2.45, 2.75) is 25.9 Å². The van der Waals surface area contributed by atoms with Crippen molar-refractivity contribution in [3.8, 4) is 0 Å². The molecule has 1 rings (SSSR count). The van der Waals surface area contributed by atoms with Crippen molar-refractivity contribution in [3.63, 3.8) is 0 Å². The summed E-state index contributed by atoms with van der Waals surface area (Å²) in [6.45, 7) is 5.16. The van der Waals surface area contributed by atoms with Gasteiger partial charge in [0.05, 0.1) is 25.9 Å². The summed E-state index contributed by atoms with van der Waals surface area (Å²) in [6.07, 6.45) is 2.09.